The topological polar surface area (TPSA) is 76.2 Å². The predicted molar refractivity (Wildman–Crippen MR) is 122 cm³/mol. The molecule has 0 bridgehead atoms. The Morgan fingerprint density at radius 1 is 0.781 bits per heavy atom. The summed E-state index contributed by atoms with van der Waals surface area (Å²) in [4.78, 5) is 25.6. The number of carbonyl (C=O) groups is 2. The molecule has 7 nitrogen and oxygen atoms in total. The predicted octanol–water partition coefficient (Wildman–Crippen LogP) is 3.61. The molecule has 0 aromatic heterocycles. The van der Waals surface area contributed by atoms with Crippen LogP contribution in [0.15, 0.2) is 60.7 Å². The van der Waals surface area contributed by atoms with Gasteiger partial charge in [-0.1, -0.05) is 70.0 Å². The molecule has 1 saturated heterocycles. The van der Waals surface area contributed by atoms with E-state index in [4.69, 9.17) is 9.47 Å². The number of nitrogens with zero attached hydrogens (tertiary/aromatic N) is 2. The summed E-state index contributed by atoms with van der Waals surface area (Å²) in [6.07, 6.45) is 0.773. The zero-order chi connectivity index (χ0) is 22.9. The quantitative estimate of drug-likeness (QED) is 0.399. The van der Waals surface area contributed by atoms with E-state index in [9.17, 15) is 14.2 Å². The van der Waals surface area contributed by atoms with Crippen LogP contribution in [0.2, 0.25) is 0 Å². The lowest BCUT2D eigenvalue weighted by Gasteiger charge is -2.20. The van der Waals surface area contributed by atoms with E-state index in [1.54, 1.807) is 23.2 Å². The van der Waals surface area contributed by atoms with Crippen LogP contribution >= 0.6 is 8.10 Å². The van der Waals surface area contributed by atoms with Crippen LogP contribution in [0.25, 0.3) is 0 Å². The lowest BCUT2D eigenvalue weighted by atomic mass is 10.1. The van der Waals surface area contributed by atoms with Gasteiger partial charge in [-0.15, -0.1) is 0 Å². The summed E-state index contributed by atoms with van der Waals surface area (Å²) in [6, 6.07) is 17.8. The second-order valence-corrected chi connectivity index (χ2v) is 9.03. The highest BCUT2D eigenvalue weighted by molar-refractivity contribution is 7.39. The van der Waals surface area contributed by atoms with Crippen LogP contribution in [0, 0.1) is 0 Å². The second kappa shape index (κ2) is 11.9. The number of benzene rings is 2. The van der Waals surface area contributed by atoms with Crippen LogP contribution in [0.5, 0.6) is 0 Å². The van der Waals surface area contributed by atoms with Gasteiger partial charge >= 0.3 is 20.0 Å². The molecule has 170 valence electrons. The fraction of sp³-hybridized carbons (Fsp3) is 0.417. The van der Waals surface area contributed by atoms with Crippen molar-refractivity contribution >= 4 is 20.0 Å². The van der Waals surface area contributed by atoms with E-state index in [0.29, 0.717) is 25.9 Å². The van der Waals surface area contributed by atoms with Gasteiger partial charge in [-0.25, -0.2) is 0 Å². The Hall–Kier alpha value is -2.60. The zero-order valence-corrected chi connectivity index (χ0v) is 19.4. The average Bonchev–Trinajstić information content (AvgIpc) is 3.18. The van der Waals surface area contributed by atoms with Gasteiger partial charge in [0.1, 0.15) is 0 Å². The summed E-state index contributed by atoms with van der Waals surface area (Å²) in [6.45, 7) is 4.80. The van der Waals surface area contributed by atoms with Crippen LogP contribution in [0.3, 0.4) is 0 Å². The first-order valence-corrected chi connectivity index (χ1v) is 12.1. The number of hydrogen-bond donors (Lipinski definition) is 0. The zero-order valence-electron chi connectivity index (χ0n) is 18.6. The molecular formula is C24H30N2O5P+. The highest BCUT2D eigenvalue weighted by atomic mass is 31.1. The van der Waals surface area contributed by atoms with E-state index in [0.717, 1.165) is 11.1 Å². The summed E-state index contributed by atoms with van der Waals surface area (Å²) in [5, 5.41) is 0. The summed E-state index contributed by atoms with van der Waals surface area (Å²) in [7, 11) is -2.13. The molecule has 1 aliphatic rings. The first-order valence-electron chi connectivity index (χ1n) is 11.0. The first kappa shape index (κ1) is 24.1. The van der Waals surface area contributed by atoms with Crippen LogP contribution in [0.1, 0.15) is 25.0 Å². The molecule has 0 aliphatic carbocycles. The molecule has 0 N–H and O–H groups in total. The van der Waals surface area contributed by atoms with Gasteiger partial charge in [0.05, 0.1) is 26.3 Å². The van der Waals surface area contributed by atoms with Crippen molar-refractivity contribution in [2.45, 2.75) is 38.8 Å². The van der Waals surface area contributed by atoms with E-state index in [1.165, 1.54) is 0 Å². The Bertz CT molecular complexity index is 836. The molecule has 2 atom stereocenters. The second-order valence-electron chi connectivity index (χ2n) is 7.49. The van der Waals surface area contributed by atoms with Crippen molar-refractivity contribution < 1.29 is 23.6 Å². The van der Waals surface area contributed by atoms with Crippen LogP contribution in [0.4, 0.5) is 0 Å². The number of ether oxygens (including phenoxy) is 2. The standard InChI is InChI=1S/C24H30N2O5P/c1-3-30-23(27)21(17-19-11-7-5-8-12-19)25-15-16-26(32(25)29)22(24(28)31-4-2)18-20-13-9-6-10-14-20/h5-14,21-22H,3-4,15-18H2,1-2H3/q+1/t21-,22-/m0/s1. The van der Waals surface area contributed by atoms with E-state index in [1.807, 2.05) is 60.7 Å². The van der Waals surface area contributed by atoms with Crippen LogP contribution < -0.4 is 0 Å². The van der Waals surface area contributed by atoms with Crippen molar-refractivity contribution in [2.75, 3.05) is 26.3 Å². The van der Waals surface area contributed by atoms with E-state index in [2.05, 4.69) is 0 Å². The van der Waals surface area contributed by atoms with E-state index >= 15 is 0 Å². The fourth-order valence-corrected chi connectivity index (χ4v) is 5.49. The molecule has 8 heteroatoms. The highest BCUT2D eigenvalue weighted by Crippen LogP contribution is 2.42. The van der Waals surface area contributed by atoms with Crippen molar-refractivity contribution in [3.05, 3.63) is 71.8 Å². The molecule has 0 spiro atoms. The van der Waals surface area contributed by atoms with Gasteiger partial charge in [0.25, 0.3) is 0 Å². The van der Waals surface area contributed by atoms with Crippen LogP contribution in [-0.2, 0) is 36.5 Å². The van der Waals surface area contributed by atoms with E-state index in [-0.39, 0.29) is 13.2 Å². The van der Waals surface area contributed by atoms with Crippen molar-refractivity contribution in [3.63, 3.8) is 0 Å². The summed E-state index contributed by atoms with van der Waals surface area (Å²) in [5.74, 6) is -0.811. The molecule has 1 fully saturated rings. The largest absolute Gasteiger partial charge is 0.539 e. The first-order chi connectivity index (χ1) is 15.5. The molecule has 0 radical (unpaired) electrons. The molecule has 32 heavy (non-hydrogen) atoms. The Kier molecular flexibility index (Phi) is 8.91. The molecule has 2 aromatic carbocycles. The Labute approximate surface area is 190 Å². The number of esters is 2. The normalized spacial score (nSPS) is 16.5. The maximum Gasteiger partial charge on any atom is 0.539 e. The van der Waals surface area contributed by atoms with Gasteiger partial charge < -0.3 is 9.47 Å². The Morgan fingerprint density at radius 2 is 1.16 bits per heavy atom. The Morgan fingerprint density at radius 3 is 1.50 bits per heavy atom. The molecule has 0 saturated carbocycles. The molecule has 2 aromatic rings. The maximum atomic E-state index is 13.6. The Balaban J connectivity index is 1.83. The monoisotopic (exact) mass is 457 g/mol. The fourth-order valence-electron chi connectivity index (χ4n) is 3.85. The van der Waals surface area contributed by atoms with Crippen LogP contribution in [-0.4, -0.2) is 59.7 Å². The molecule has 1 heterocycles. The lowest BCUT2D eigenvalue weighted by Crippen LogP contribution is -2.40. The third-order valence-electron chi connectivity index (χ3n) is 5.38. The molecular weight excluding hydrogens is 427 g/mol. The maximum absolute atomic E-state index is 13.6. The minimum absolute atomic E-state index is 0.248. The molecule has 0 amide bonds. The minimum Gasteiger partial charge on any atom is -0.465 e. The molecule has 1 aliphatic heterocycles. The van der Waals surface area contributed by atoms with Crippen molar-refractivity contribution in [3.8, 4) is 0 Å². The van der Waals surface area contributed by atoms with Gasteiger partial charge in [0.15, 0.2) is 12.1 Å². The minimum atomic E-state index is -2.13. The van der Waals surface area contributed by atoms with Gasteiger partial charge in [-0.05, 0) is 29.5 Å². The summed E-state index contributed by atoms with van der Waals surface area (Å²) < 4.78 is 27.5. The van der Waals surface area contributed by atoms with Crippen molar-refractivity contribution in [2.24, 2.45) is 0 Å². The third kappa shape index (κ3) is 6.00. The third-order valence-corrected chi connectivity index (χ3v) is 7.21. The highest BCUT2D eigenvalue weighted by Gasteiger charge is 2.54. The van der Waals surface area contributed by atoms with E-state index < -0.39 is 32.1 Å². The van der Waals surface area contributed by atoms with Gasteiger partial charge in [0, 0.05) is 12.8 Å². The summed E-state index contributed by atoms with van der Waals surface area (Å²) >= 11 is 0. The van der Waals surface area contributed by atoms with Gasteiger partial charge in [-0.3, -0.25) is 9.59 Å². The van der Waals surface area contributed by atoms with Crippen molar-refractivity contribution in [1.29, 1.82) is 0 Å². The average molecular weight is 457 g/mol. The van der Waals surface area contributed by atoms with Gasteiger partial charge in [0.2, 0.25) is 0 Å². The lowest BCUT2D eigenvalue weighted by molar-refractivity contribution is -0.148. The molecule has 0 unspecified atom stereocenters. The SMILES string of the molecule is CCOC(=O)[C@H](Cc1ccccc1)N1CCN([C@@H](Cc2ccccc2)C(=O)OCC)[P+]1=O. The smallest absolute Gasteiger partial charge is 0.465 e. The van der Waals surface area contributed by atoms with Crippen molar-refractivity contribution in [1.82, 2.24) is 9.34 Å². The summed E-state index contributed by atoms with van der Waals surface area (Å²) in [5.41, 5.74) is 1.91. The number of carbonyl (C=O) groups excluding carboxylic acids is 2. The number of rotatable bonds is 10. The number of hydrogen-bond acceptors (Lipinski definition) is 5. The molecule has 3 rings (SSSR count). The van der Waals surface area contributed by atoms with Gasteiger partial charge in [-0.2, -0.15) is 0 Å².